The summed E-state index contributed by atoms with van der Waals surface area (Å²) in [5.74, 6) is 0.610. The van der Waals surface area contributed by atoms with Gasteiger partial charge < -0.3 is 15.1 Å². The fraction of sp³-hybridized carbons (Fsp3) is 0.353. The number of aryl methyl sites for hydroxylation is 1. The number of aromatic nitrogens is 2. The first-order valence-electron chi connectivity index (χ1n) is 7.61. The smallest absolute Gasteiger partial charge is 0.321 e. The Kier molecular flexibility index (Phi) is 5.91. The molecule has 0 fully saturated rings. The second-order valence-electron chi connectivity index (χ2n) is 5.61. The van der Waals surface area contributed by atoms with Gasteiger partial charge in [-0.25, -0.2) is 14.8 Å². The summed E-state index contributed by atoms with van der Waals surface area (Å²) in [7, 11) is 5.53. The van der Waals surface area contributed by atoms with Crippen LogP contribution < -0.4 is 10.2 Å². The van der Waals surface area contributed by atoms with Crippen molar-refractivity contribution in [3.05, 3.63) is 48.3 Å². The fourth-order valence-electron chi connectivity index (χ4n) is 2.10. The Balaban J connectivity index is 1.78. The van der Waals surface area contributed by atoms with Crippen LogP contribution in [0.4, 0.5) is 16.4 Å². The van der Waals surface area contributed by atoms with E-state index in [0.717, 1.165) is 12.8 Å². The highest BCUT2D eigenvalue weighted by molar-refractivity contribution is 5.88. The van der Waals surface area contributed by atoms with E-state index in [-0.39, 0.29) is 6.03 Å². The Bertz CT molecular complexity index is 613. The Morgan fingerprint density at radius 2 is 1.74 bits per heavy atom. The van der Waals surface area contributed by atoms with Crippen LogP contribution in [-0.4, -0.2) is 48.6 Å². The molecule has 0 aliphatic rings. The third-order valence-electron chi connectivity index (χ3n) is 3.44. The second-order valence-corrected chi connectivity index (χ2v) is 5.61. The molecule has 0 radical (unpaired) electrons. The van der Waals surface area contributed by atoms with Gasteiger partial charge >= 0.3 is 6.03 Å². The number of benzene rings is 1. The molecule has 0 bridgehead atoms. The molecule has 0 aliphatic carbocycles. The summed E-state index contributed by atoms with van der Waals surface area (Å²) in [6.45, 7) is 0.692. The maximum Gasteiger partial charge on any atom is 0.321 e. The van der Waals surface area contributed by atoms with Crippen molar-refractivity contribution < 1.29 is 4.79 Å². The van der Waals surface area contributed by atoms with E-state index in [1.54, 1.807) is 29.2 Å². The second kappa shape index (κ2) is 8.12. The summed E-state index contributed by atoms with van der Waals surface area (Å²) in [5, 5.41) is 2.80. The normalized spacial score (nSPS) is 10.2. The first kappa shape index (κ1) is 16.7. The van der Waals surface area contributed by atoms with Gasteiger partial charge in [-0.15, -0.1) is 0 Å². The summed E-state index contributed by atoms with van der Waals surface area (Å²) in [5.41, 5.74) is 1.88. The summed E-state index contributed by atoms with van der Waals surface area (Å²) < 4.78 is 0. The number of amides is 2. The summed E-state index contributed by atoms with van der Waals surface area (Å²) in [6, 6.07) is 10.1. The zero-order valence-electron chi connectivity index (χ0n) is 13.9. The number of carbonyl (C=O) groups is 1. The van der Waals surface area contributed by atoms with Gasteiger partial charge in [0.05, 0.1) is 18.1 Å². The largest absolute Gasteiger partial charge is 0.347 e. The minimum Gasteiger partial charge on any atom is -0.347 e. The molecule has 1 aromatic heterocycles. The van der Waals surface area contributed by atoms with E-state index in [2.05, 4.69) is 27.4 Å². The molecule has 1 aromatic carbocycles. The zero-order valence-corrected chi connectivity index (χ0v) is 13.9. The minimum absolute atomic E-state index is 0.153. The number of nitrogens with zero attached hydrogens (tertiary/aromatic N) is 4. The summed E-state index contributed by atoms with van der Waals surface area (Å²) >= 11 is 0. The van der Waals surface area contributed by atoms with Crippen LogP contribution in [0.2, 0.25) is 0 Å². The SMILES string of the molecule is CN(CCCc1ccccc1)C(=O)Nc1cnc(N(C)C)nc1. The van der Waals surface area contributed by atoms with Gasteiger partial charge in [-0.2, -0.15) is 0 Å². The third-order valence-corrected chi connectivity index (χ3v) is 3.44. The summed E-state index contributed by atoms with van der Waals surface area (Å²) in [6.07, 6.45) is 5.10. The van der Waals surface area contributed by atoms with E-state index in [1.165, 1.54) is 5.56 Å². The number of hydrogen-bond donors (Lipinski definition) is 1. The lowest BCUT2D eigenvalue weighted by Gasteiger charge is -2.18. The first-order valence-corrected chi connectivity index (χ1v) is 7.61. The highest BCUT2D eigenvalue weighted by Gasteiger charge is 2.09. The lowest BCUT2D eigenvalue weighted by molar-refractivity contribution is 0.222. The predicted octanol–water partition coefficient (Wildman–Crippen LogP) is 2.64. The molecule has 6 heteroatoms. The molecule has 1 N–H and O–H groups in total. The molecular weight excluding hydrogens is 290 g/mol. The standard InChI is InChI=1S/C17H23N5O/c1-21(2)16-18-12-15(13-19-16)20-17(23)22(3)11-7-10-14-8-5-4-6-9-14/h4-6,8-9,12-13H,7,10-11H2,1-3H3,(H,20,23). The molecule has 23 heavy (non-hydrogen) atoms. The molecule has 2 amide bonds. The Labute approximate surface area is 137 Å². The lowest BCUT2D eigenvalue weighted by Crippen LogP contribution is -2.32. The van der Waals surface area contributed by atoms with E-state index < -0.39 is 0 Å². The van der Waals surface area contributed by atoms with E-state index in [9.17, 15) is 4.79 Å². The Hall–Kier alpha value is -2.63. The third kappa shape index (κ3) is 5.25. The number of rotatable bonds is 6. The molecular formula is C17H23N5O. The van der Waals surface area contributed by atoms with Crippen LogP contribution >= 0.6 is 0 Å². The van der Waals surface area contributed by atoms with Crippen LogP contribution in [0.25, 0.3) is 0 Å². The van der Waals surface area contributed by atoms with E-state index >= 15 is 0 Å². The minimum atomic E-state index is -0.153. The van der Waals surface area contributed by atoms with Gasteiger partial charge in [-0.05, 0) is 18.4 Å². The number of carbonyl (C=O) groups excluding carboxylic acids is 1. The van der Waals surface area contributed by atoms with Crippen molar-refractivity contribution in [3.8, 4) is 0 Å². The highest BCUT2D eigenvalue weighted by Crippen LogP contribution is 2.09. The monoisotopic (exact) mass is 313 g/mol. The van der Waals surface area contributed by atoms with Crippen molar-refractivity contribution >= 4 is 17.7 Å². The van der Waals surface area contributed by atoms with Gasteiger partial charge in [0.15, 0.2) is 0 Å². The fourth-order valence-corrected chi connectivity index (χ4v) is 2.10. The van der Waals surface area contributed by atoms with Crippen molar-refractivity contribution in [3.63, 3.8) is 0 Å². The number of urea groups is 1. The van der Waals surface area contributed by atoms with Crippen molar-refractivity contribution in [1.82, 2.24) is 14.9 Å². The molecule has 0 saturated heterocycles. The van der Waals surface area contributed by atoms with Gasteiger partial charge in [0.1, 0.15) is 0 Å². The summed E-state index contributed by atoms with van der Waals surface area (Å²) in [4.78, 5) is 23.9. The first-order chi connectivity index (χ1) is 11.1. The Morgan fingerprint density at radius 1 is 1.09 bits per heavy atom. The average Bonchev–Trinajstić information content (AvgIpc) is 2.56. The number of hydrogen-bond acceptors (Lipinski definition) is 4. The predicted molar refractivity (Wildman–Crippen MR) is 92.8 cm³/mol. The molecule has 0 atom stereocenters. The number of anilines is 2. The van der Waals surface area contributed by atoms with Crippen molar-refractivity contribution in [2.24, 2.45) is 0 Å². The van der Waals surface area contributed by atoms with Crippen LogP contribution in [0.15, 0.2) is 42.7 Å². The topological polar surface area (TPSA) is 61.4 Å². The molecule has 122 valence electrons. The molecule has 6 nitrogen and oxygen atoms in total. The van der Waals surface area contributed by atoms with Crippen LogP contribution in [0.3, 0.4) is 0 Å². The quantitative estimate of drug-likeness (QED) is 0.890. The maximum absolute atomic E-state index is 12.1. The van der Waals surface area contributed by atoms with Crippen LogP contribution in [0.5, 0.6) is 0 Å². The average molecular weight is 313 g/mol. The molecule has 0 unspecified atom stereocenters. The van der Waals surface area contributed by atoms with Crippen LogP contribution in [-0.2, 0) is 6.42 Å². The lowest BCUT2D eigenvalue weighted by atomic mass is 10.1. The molecule has 0 saturated carbocycles. The van der Waals surface area contributed by atoms with Crippen LogP contribution in [0, 0.1) is 0 Å². The molecule has 0 aliphatic heterocycles. The molecule has 1 heterocycles. The van der Waals surface area contributed by atoms with Gasteiger partial charge in [0.2, 0.25) is 5.95 Å². The van der Waals surface area contributed by atoms with E-state index in [4.69, 9.17) is 0 Å². The highest BCUT2D eigenvalue weighted by atomic mass is 16.2. The van der Waals surface area contributed by atoms with Crippen molar-refractivity contribution in [2.75, 3.05) is 37.9 Å². The van der Waals surface area contributed by atoms with Gasteiger partial charge in [0, 0.05) is 27.7 Å². The number of nitrogens with one attached hydrogen (secondary N) is 1. The van der Waals surface area contributed by atoms with Crippen molar-refractivity contribution in [2.45, 2.75) is 12.8 Å². The zero-order chi connectivity index (χ0) is 16.7. The molecule has 2 rings (SSSR count). The van der Waals surface area contributed by atoms with Gasteiger partial charge in [-0.1, -0.05) is 30.3 Å². The van der Waals surface area contributed by atoms with Crippen molar-refractivity contribution in [1.29, 1.82) is 0 Å². The Morgan fingerprint density at radius 3 is 2.35 bits per heavy atom. The molecule has 2 aromatic rings. The van der Waals surface area contributed by atoms with E-state index in [0.29, 0.717) is 18.2 Å². The van der Waals surface area contributed by atoms with Crippen LogP contribution in [0.1, 0.15) is 12.0 Å². The van der Waals surface area contributed by atoms with Gasteiger partial charge in [0.25, 0.3) is 0 Å². The van der Waals surface area contributed by atoms with Gasteiger partial charge in [-0.3, -0.25) is 0 Å². The van der Waals surface area contributed by atoms with E-state index in [1.807, 2.05) is 32.3 Å². The molecule has 0 spiro atoms. The maximum atomic E-state index is 12.1.